The first-order valence-corrected chi connectivity index (χ1v) is 9.12. The Morgan fingerprint density at radius 3 is 2.32 bits per heavy atom. The highest BCUT2D eigenvalue weighted by Gasteiger charge is 2.20. The van der Waals surface area contributed by atoms with Crippen molar-refractivity contribution in [3.8, 4) is 0 Å². The molecule has 1 aliphatic rings. The minimum Gasteiger partial charge on any atom is -0.368 e. The average Bonchev–Trinajstić information content (AvgIpc) is 2.64. The molecule has 2 aromatic carbocycles. The number of halogens is 3. The van der Waals surface area contributed by atoms with Gasteiger partial charge < -0.3 is 9.80 Å². The van der Waals surface area contributed by atoms with E-state index in [1.807, 2.05) is 42.6 Å². The van der Waals surface area contributed by atoms with Gasteiger partial charge in [0.2, 0.25) is 0 Å². The third-order valence-corrected chi connectivity index (χ3v) is 5.53. The molecule has 2 heterocycles. The maximum Gasteiger partial charge on any atom is 0.114 e. The molecule has 0 N–H and O–H groups in total. The summed E-state index contributed by atoms with van der Waals surface area (Å²) < 4.78 is 0. The number of anilines is 2. The number of rotatable bonds is 2. The van der Waals surface area contributed by atoms with Crippen LogP contribution in [0, 0.1) is 0 Å². The normalized spacial score (nSPS) is 15.0. The molecule has 0 radical (unpaired) electrons. The molecule has 0 bridgehead atoms. The van der Waals surface area contributed by atoms with Crippen molar-refractivity contribution in [1.29, 1.82) is 0 Å². The van der Waals surface area contributed by atoms with Crippen molar-refractivity contribution in [1.82, 2.24) is 10.2 Å². The van der Waals surface area contributed by atoms with Crippen LogP contribution in [0.1, 0.15) is 0 Å². The summed E-state index contributed by atoms with van der Waals surface area (Å²) in [5.41, 5.74) is 2.91. The molecule has 1 aromatic heterocycles. The Hall–Kier alpha value is -1.75. The second-order valence-corrected chi connectivity index (χ2v) is 7.16. The molecule has 0 unspecified atom stereocenters. The second-order valence-electron chi connectivity index (χ2n) is 5.94. The van der Waals surface area contributed by atoms with Crippen LogP contribution in [-0.4, -0.2) is 36.4 Å². The second kappa shape index (κ2) is 6.87. The van der Waals surface area contributed by atoms with E-state index in [-0.39, 0.29) is 0 Å². The number of fused-ring (bicyclic) bond motifs is 1. The van der Waals surface area contributed by atoms with Gasteiger partial charge in [-0.25, -0.2) is 0 Å². The molecule has 1 fully saturated rings. The smallest absolute Gasteiger partial charge is 0.114 e. The summed E-state index contributed by atoms with van der Waals surface area (Å²) in [4.78, 5) is 4.63. The van der Waals surface area contributed by atoms with Gasteiger partial charge in [-0.3, -0.25) is 0 Å². The largest absolute Gasteiger partial charge is 0.368 e. The lowest BCUT2D eigenvalue weighted by Crippen LogP contribution is -2.46. The maximum atomic E-state index is 6.25. The lowest BCUT2D eigenvalue weighted by molar-refractivity contribution is 0.654. The Labute approximate surface area is 160 Å². The summed E-state index contributed by atoms with van der Waals surface area (Å²) in [5, 5.41) is 11.1. The maximum absolute atomic E-state index is 6.25. The highest BCUT2D eigenvalue weighted by molar-refractivity contribution is 6.42. The summed E-state index contributed by atoms with van der Waals surface area (Å²) in [5.74, 6) is 0. The minimum absolute atomic E-state index is 0.579. The Kier molecular flexibility index (Phi) is 4.59. The van der Waals surface area contributed by atoms with E-state index in [4.69, 9.17) is 34.8 Å². The molecule has 1 aliphatic heterocycles. The van der Waals surface area contributed by atoms with Crippen molar-refractivity contribution in [3.05, 3.63) is 57.7 Å². The van der Waals surface area contributed by atoms with Gasteiger partial charge in [-0.2, -0.15) is 5.10 Å². The van der Waals surface area contributed by atoms with Crippen LogP contribution in [0.25, 0.3) is 10.9 Å². The van der Waals surface area contributed by atoms with Crippen LogP contribution < -0.4 is 9.80 Å². The van der Waals surface area contributed by atoms with Gasteiger partial charge in [0.1, 0.15) is 5.52 Å². The fourth-order valence-electron chi connectivity index (χ4n) is 3.17. The third-order valence-electron chi connectivity index (χ3n) is 4.49. The SMILES string of the molecule is Clc1ccc(N2CCN(c3cnnc4c(Cl)cccc34)CC2)cc1Cl. The Morgan fingerprint density at radius 1 is 0.800 bits per heavy atom. The summed E-state index contributed by atoms with van der Waals surface area (Å²) in [6.45, 7) is 3.55. The quantitative estimate of drug-likeness (QED) is 0.619. The number of piperazine rings is 1. The average molecular weight is 394 g/mol. The predicted molar refractivity (Wildman–Crippen MR) is 105 cm³/mol. The van der Waals surface area contributed by atoms with E-state index in [0.29, 0.717) is 15.1 Å². The molecule has 25 heavy (non-hydrogen) atoms. The molecule has 3 aromatic rings. The van der Waals surface area contributed by atoms with Gasteiger partial charge in [0.15, 0.2) is 0 Å². The van der Waals surface area contributed by atoms with Crippen LogP contribution in [-0.2, 0) is 0 Å². The molecule has 1 saturated heterocycles. The Morgan fingerprint density at radius 2 is 1.56 bits per heavy atom. The molecule has 0 amide bonds. The van der Waals surface area contributed by atoms with Crippen molar-refractivity contribution in [2.45, 2.75) is 0 Å². The lowest BCUT2D eigenvalue weighted by Gasteiger charge is -2.37. The van der Waals surface area contributed by atoms with Crippen molar-refractivity contribution >= 4 is 57.1 Å². The highest BCUT2D eigenvalue weighted by Crippen LogP contribution is 2.31. The van der Waals surface area contributed by atoms with Crippen LogP contribution in [0.4, 0.5) is 11.4 Å². The van der Waals surface area contributed by atoms with Gasteiger partial charge in [-0.15, -0.1) is 5.10 Å². The number of benzene rings is 2. The fraction of sp³-hybridized carbons (Fsp3) is 0.222. The van der Waals surface area contributed by atoms with Crippen LogP contribution in [0.15, 0.2) is 42.6 Å². The van der Waals surface area contributed by atoms with Crippen LogP contribution in [0.2, 0.25) is 15.1 Å². The summed E-state index contributed by atoms with van der Waals surface area (Å²) in [6, 6.07) is 11.6. The van der Waals surface area contributed by atoms with Gasteiger partial charge in [-0.1, -0.05) is 46.9 Å². The van der Waals surface area contributed by atoms with E-state index >= 15 is 0 Å². The number of aromatic nitrogens is 2. The predicted octanol–water partition coefficient (Wildman–Crippen LogP) is 4.92. The minimum atomic E-state index is 0.579. The van der Waals surface area contributed by atoms with E-state index in [1.54, 1.807) is 0 Å². The topological polar surface area (TPSA) is 32.3 Å². The Bertz CT molecular complexity index is 923. The molecule has 0 atom stereocenters. The van der Waals surface area contributed by atoms with Gasteiger partial charge in [0, 0.05) is 37.3 Å². The van der Waals surface area contributed by atoms with Crippen LogP contribution in [0.3, 0.4) is 0 Å². The van der Waals surface area contributed by atoms with Gasteiger partial charge in [-0.05, 0) is 24.3 Å². The van der Waals surface area contributed by atoms with Crippen molar-refractivity contribution in [2.75, 3.05) is 36.0 Å². The summed E-state index contributed by atoms with van der Waals surface area (Å²) >= 11 is 18.4. The fourth-order valence-corrected chi connectivity index (χ4v) is 3.68. The standard InChI is InChI=1S/C18H15Cl3N4/c19-14-5-4-12(10-16(14)21)24-6-8-25(9-7-24)17-11-22-23-18-13(17)2-1-3-15(18)20/h1-5,10-11H,6-9H2. The zero-order valence-corrected chi connectivity index (χ0v) is 15.6. The first-order valence-electron chi connectivity index (χ1n) is 7.98. The van der Waals surface area contributed by atoms with Crippen molar-refractivity contribution < 1.29 is 0 Å². The van der Waals surface area contributed by atoms with Crippen LogP contribution >= 0.6 is 34.8 Å². The molecular formula is C18H15Cl3N4. The molecule has 7 heteroatoms. The van der Waals surface area contributed by atoms with E-state index < -0.39 is 0 Å². The zero-order chi connectivity index (χ0) is 17.4. The first kappa shape index (κ1) is 16.7. The number of nitrogens with zero attached hydrogens (tertiary/aromatic N) is 4. The first-order chi connectivity index (χ1) is 12.1. The molecular weight excluding hydrogens is 379 g/mol. The Balaban J connectivity index is 1.56. The van der Waals surface area contributed by atoms with E-state index in [0.717, 1.165) is 48.5 Å². The number of hydrogen-bond donors (Lipinski definition) is 0. The molecule has 128 valence electrons. The van der Waals surface area contributed by atoms with Gasteiger partial charge >= 0.3 is 0 Å². The molecule has 4 nitrogen and oxygen atoms in total. The van der Waals surface area contributed by atoms with Crippen molar-refractivity contribution in [3.63, 3.8) is 0 Å². The van der Waals surface area contributed by atoms with Gasteiger partial charge in [0.05, 0.1) is 27.0 Å². The third kappa shape index (κ3) is 3.22. The molecule has 0 saturated carbocycles. The highest BCUT2D eigenvalue weighted by atomic mass is 35.5. The monoisotopic (exact) mass is 392 g/mol. The van der Waals surface area contributed by atoms with Crippen LogP contribution in [0.5, 0.6) is 0 Å². The van der Waals surface area contributed by atoms with E-state index in [9.17, 15) is 0 Å². The molecule has 0 spiro atoms. The van der Waals surface area contributed by atoms with Crippen molar-refractivity contribution in [2.24, 2.45) is 0 Å². The molecule has 4 rings (SSSR count). The van der Waals surface area contributed by atoms with E-state index in [1.165, 1.54) is 0 Å². The lowest BCUT2D eigenvalue weighted by atomic mass is 10.1. The van der Waals surface area contributed by atoms with Gasteiger partial charge in [0.25, 0.3) is 0 Å². The summed E-state index contributed by atoms with van der Waals surface area (Å²) in [7, 11) is 0. The van der Waals surface area contributed by atoms with E-state index in [2.05, 4.69) is 20.0 Å². The number of hydrogen-bond acceptors (Lipinski definition) is 4. The zero-order valence-electron chi connectivity index (χ0n) is 13.3. The summed E-state index contributed by atoms with van der Waals surface area (Å²) in [6.07, 6.45) is 1.81. The molecule has 0 aliphatic carbocycles.